The molecular weight excluding hydrogens is 302 g/mol. The summed E-state index contributed by atoms with van der Waals surface area (Å²) in [5.74, 6) is 0.718. The van der Waals surface area contributed by atoms with Crippen molar-refractivity contribution in [2.75, 3.05) is 32.1 Å². The Morgan fingerprint density at radius 2 is 1.89 bits per heavy atom. The highest BCUT2D eigenvalue weighted by molar-refractivity contribution is 9.09. The molecule has 1 aliphatic carbocycles. The second-order valence-corrected chi connectivity index (χ2v) is 7.38. The summed E-state index contributed by atoms with van der Waals surface area (Å²) in [7, 11) is 1.87. The molecule has 0 bridgehead atoms. The minimum atomic E-state index is 0.437. The summed E-state index contributed by atoms with van der Waals surface area (Å²) in [6.45, 7) is 5.99. The third kappa shape index (κ3) is 4.18. The summed E-state index contributed by atoms with van der Waals surface area (Å²) < 4.78 is 5.66. The van der Waals surface area contributed by atoms with E-state index in [4.69, 9.17) is 4.74 Å². The van der Waals surface area contributed by atoms with Gasteiger partial charge < -0.3 is 9.64 Å². The molecule has 2 rings (SSSR count). The SMILES string of the molecule is COC1CN(CC2(CBr)CCCCCC2)CCC1C. The van der Waals surface area contributed by atoms with Gasteiger partial charge in [0.2, 0.25) is 0 Å². The van der Waals surface area contributed by atoms with Gasteiger partial charge in [-0.05, 0) is 37.1 Å². The summed E-state index contributed by atoms with van der Waals surface area (Å²) in [4.78, 5) is 2.67. The molecule has 3 heteroatoms. The molecular formula is C16H30BrNO. The molecule has 0 spiro atoms. The maximum Gasteiger partial charge on any atom is 0.0724 e. The van der Waals surface area contributed by atoms with Crippen LogP contribution in [0.4, 0.5) is 0 Å². The zero-order valence-electron chi connectivity index (χ0n) is 12.7. The van der Waals surface area contributed by atoms with Crippen molar-refractivity contribution in [3.8, 4) is 0 Å². The highest BCUT2D eigenvalue weighted by atomic mass is 79.9. The maximum absolute atomic E-state index is 5.66. The molecule has 0 N–H and O–H groups in total. The lowest BCUT2D eigenvalue weighted by Gasteiger charge is -2.42. The van der Waals surface area contributed by atoms with E-state index in [0.717, 1.165) is 12.5 Å². The molecule has 0 aromatic rings. The Labute approximate surface area is 127 Å². The smallest absolute Gasteiger partial charge is 0.0724 e. The average Bonchev–Trinajstić information content (AvgIpc) is 2.67. The summed E-state index contributed by atoms with van der Waals surface area (Å²) in [5, 5.41) is 1.17. The van der Waals surface area contributed by atoms with Gasteiger partial charge in [-0.15, -0.1) is 0 Å². The van der Waals surface area contributed by atoms with Crippen molar-refractivity contribution in [3.63, 3.8) is 0 Å². The molecule has 2 nitrogen and oxygen atoms in total. The number of alkyl halides is 1. The predicted octanol–water partition coefficient (Wildman–Crippen LogP) is 4.08. The first-order chi connectivity index (χ1) is 9.19. The Balaban J connectivity index is 1.93. The number of piperidine rings is 1. The predicted molar refractivity (Wildman–Crippen MR) is 84.9 cm³/mol. The first kappa shape index (κ1) is 15.8. The topological polar surface area (TPSA) is 12.5 Å². The highest BCUT2D eigenvalue weighted by Gasteiger charge is 2.35. The monoisotopic (exact) mass is 331 g/mol. The number of ether oxygens (including phenoxy) is 1. The second kappa shape index (κ2) is 7.42. The van der Waals surface area contributed by atoms with E-state index in [0.29, 0.717) is 11.5 Å². The molecule has 112 valence electrons. The molecule has 2 aliphatic rings. The fourth-order valence-corrected chi connectivity index (χ4v) is 4.57. The van der Waals surface area contributed by atoms with E-state index in [9.17, 15) is 0 Å². The van der Waals surface area contributed by atoms with Crippen LogP contribution in [0.25, 0.3) is 0 Å². The van der Waals surface area contributed by atoms with E-state index >= 15 is 0 Å². The van der Waals surface area contributed by atoms with Crippen molar-refractivity contribution in [1.29, 1.82) is 0 Å². The summed E-state index contributed by atoms with van der Waals surface area (Å²) >= 11 is 3.82. The third-order valence-corrected chi connectivity index (χ3v) is 6.47. The van der Waals surface area contributed by atoms with E-state index < -0.39 is 0 Å². The summed E-state index contributed by atoms with van der Waals surface area (Å²) in [5.41, 5.74) is 0.523. The number of methoxy groups -OCH3 is 1. The maximum atomic E-state index is 5.66. The van der Waals surface area contributed by atoms with Crippen LogP contribution in [0.2, 0.25) is 0 Å². The van der Waals surface area contributed by atoms with Crippen LogP contribution in [0.5, 0.6) is 0 Å². The highest BCUT2D eigenvalue weighted by Crippen LogP contribution is 2.38. The molecule has 0 aromatic heterocycles. The molecule has 0 aromatic carbocycles. The van der Waals surface area contributed by atoms with Crippen molar-refractivity contribution >= 4 is 15.9 Å². The summed E-state index contributed by atoms with van der Waals surface area (Å²) in [6.07, 6.45) is 10.2. The van der Waals surface area contributed by atoms with Gasteiger partial charge in [-0.2, -0.15) is 0 Å². The molecule has 2 unspecified atom stereocenters. The Morgan fingerprint density at radius 1 is 1.21 bits per heavy atom. The molecule has 19 heavy (non-hydrogen) atoms. The van der Waals surface area contributed by atoms with Crippen LogP contribution in [0.15, 0.2) is 0 Å². The minimum Gasteiger partial charge on any atom is -0.380 e. The molecule has 1 saturated carbocycles. The van der Waals surface area contributed by atoms with Gasteiger partial charge in [0.25, 0.3) is 0 Å². The van der Waals surface area contributed by atoms with Crippen molar-refractivity contribution in [2.45, 2.75) is 58.0 Å². The van der Waals surface area contributed by atoms with E-state index in [1.165, 1.54) is 63.4 Å². The molecule has 0 amide bonds. The molecule has 1 saturated heterocycles. The molecule has 1 heterocycles. The van der Waals surface area contributed by atoms with Crippen molar-refractivity contribution in [2.24, 2.45) is 11.3 Å². The van der Waals surface area contributed by atoms with Gasteiger partial charge in [-0.1, -0.05) is 48.5 Å². The number of halogens is 1. The van der Waals surface area contributed by atoms with E-state index in [1.807, 2.05) is 7.11 Å². The zero-order valence-corrected chi connectivity index (χ0v) is 14.3. The Kier molecular flexibility index (Phi) is 6.16. The average molecular weight is 332 g/mol. The first-order valence-corrected chi connectivity index (χ1v) is 9.12. The Bertz CT molecular complexity index is 263. The first-order valence-electron chi connectivity index (χ1n) is 8.00. The van der Waals surface area contributed by atoms with Gasteiger partial charge in [0.15, 0.2) is 0 Å². The third-order valence-electron chi connectivity index (χ3n) is 5.28. The normalized spacial score (nSPS) is 33.0. The van der Waals surface area contributed by atoms with Crippen LogP contribution in [0.3, 0.4) is 0 Å². The molecule has 0 radical (unpaired) electrons. The second-order valence-electron chi connectivity index (χ2n) is 6.82. The Morgan fingerprint density at radius 3 is 2.47 bits per heavy atom. The zero-order chi connectivity index (χ0) is 13.7. The van der Waals surface area contributed by atoms with Crippen LogP contribution in [0, 0.1) is 11.3 Å². The largest absolute Gasteiger partial charge is 0.380 e. The van der Waals surface area contributed by atoms with Crippen molar-refractivity contribution in [1.82, 2.24) is 4.90 Å². The number of hydrogen-bond acceptors (Lipinski definition) is 2. The minimum absolute atomic E-state index is 0.437. The lowest BCUT2D eigenvalue weighted by atomic mass is 9.81. The van der Waals surface area contributed by atoms with Crippen LogP contribution in [-0.2, 0) is 4.74 Å². The fourth-order valence-electron chi connectivity index (χ4n) is 3.84. The van der Waals surface area contributed by atoms with Gasteiger partial charge in [-0.25, -0.2) is 0 Å². The van der Waals surface area contributed by atoms with E-state index in [2.05, 4.69) is 27.8 Å². The van der Waals surface area contributed by atoms with Crippen molar-refractivity contribution in [3.05, 3.63) is 0 Å². The standard InChI is InChI=1S/C16H30BrNO/c1-14-7-10-18(11-15(14)19-2)13-16(12-17)8-5-3-4-6-9-16/h14-15H,3-13H2,1-2H3. The Hall–Kier alpha value is 0.400. The van der Waals surface area contributed by atoms with E-state index in [-0.39, 0.29) is 0 Å². The number of hydrogen-bond donors (Lipinski definition) is 0. The molecule has 2 fully saturated rings. The number of nitrogens with zero attached hydrogens (tertiary/aromatic N) is 1. The lowest BCUT2D eigenvalue weighted by molar-refractivity contribution is -0.0173. The molecule has 2 atom stereocenters. The number of likely N-dealkylation sites (tertiary alicyclic amines) is 1. The van der Waals surface area contributed by atoms with Crippen LogP contribution < -0.4 is 0 Å². The van der Waals surface area contributed by atoms with Gasteiger partial charge in [0.05, 0.1) is 6.10 Å². The van der Waals surface area contributed by atoms with Crippen molar-refractivity contribution < 1.29 is 4.74 Å². The van der Waals surface area contributed by atoms with Gasteiger partial charge in [0.1, 0.15) is 0 Å². The van der Waals surface area contributed by atoms with Gasteiger partial charge in [0, 0.05) is 25.5 Å². The molecule has 1 aliphatic heterocycles. The number of rotatable bonds is 4. The van der Waals surface area contributed by atoms with Crippen LogP contribution in [0.1, 0.15) is 51.9 Å². The van der Waals surface area contributed by atoms with Gasteiger partial charge >= 0.3 is 0 Å². The van der Waals surface area contributed by atoms with Gasteiger partial charge in [-0.3, -0.25) is 0 Å². The fraction of sp³-hybridized carbons (Fsp3) is 1.00. The quantitative estimate of drug-likeness (QED) is 0.568. The summed E-state index contributed by atoms with van der Waals surface area (Å²) in [6, 6.07) is 0. The lowest BCUT2D eigenvalue weighted by Crippen LogP contribution is -2.48. The van der Waals surface area contributed by atoms with Crippen LogP contribution >= 0.6 is 15.9 Å². The van der Waals surface area contributed by atoms with Crippen LogP contribution in [-0.4, -0.2) is 43.1 Å². The van der Waals surface area contributed by atoms with E-state index in [1.54, 1.807) is 0 Å².